The fourth-order valence-electron chi connectivity index (χ4n) is 3.32. The summed E-state index contributed by atoms with van der Waals surface area (Å²) in [6.45, 7) is 3.02. The van der Waals surface area contributed by atoms with Gasteiger partial charge in [0.15, 0.2) is 17.1 Å². The maximum atomic E-state index is 11.3. The number of aryl methyl sites for hydroxylation is 2. The van der Waals surface area contributed by atoms with Crippen LogP contribution >= 0.6 is 11.3 Å². The van der Waals surface area contributed by atoms with Crippen molar-refractivity contribution in [1.82, 2.24) is 4.98 Å². The Morgan fingerprint density at radius 3 is 2.59 bits per heavy atom. The molecule has 0 radical (unpaired) electrons. The van der Waals surface area contributed by atoms with E-state index >= 15 is 0 Å². The summed E-state index contributed by atoms with van der Waals surface area (Å²) < 4.78 is 12.3. The van der Waals surface area contributed by atoms with Crippen LogP contribution in [0.2, 0.25) is 0 Å². The largest absolute Gasteiger partial charge is 0.493 e. The third-order valence-corrected chi connectivity index (χ3v) is 5.96. The van der Waals surface area contributed by atoms with Gasteiger partial charge in [-0.15, -0.1) is 11.3 Å². The molecule has 4 rings (SSSR count). The molecular weight excluding hydrogens is 362 g/mol. The Balaban J connectivity index is 1.70. The van der Waals surface area contributed by atoms with Crippen LogP contribution in [0.15, 0.2) is 30.3 Å². The highest BCUT2D eigenvalue weighted by molar-refractivity contribution is 7.21. The van der Waals surface area contributed by atoms with Gasteiger partial charge in [0.2, 0.25) is 0 Å². The molecule has 0 bridgehead atoms. The summed E-state index contributed by atoms with van der Waals surface area (Å²) in [4.78, 5) is 16.1. The number of ether oxygens (including phenoxy) is 2. The van der Waals surface area contributed by atoms with Gasteiger partial charge in [-0.3, -0.25) is 0 Å². The summed E-state index contributed by atoms with van der Waals surface area (Å²) in [5.41, 5.74) is 3.47. The third-order valence-electron chi connectivity index (χ3n) is 4.89. The average molecular weight is 383 g/mol. The van der Waals surface area contributed by atoms with E-state index in [1.54, 1.807) is 24.5 Å². The average Bonchev–Trinajstić information content (AvgIpc) is 3.25. The Hall–Kier alpha value is -2.60. The molecule has 1 N–H and O–H groups in total. The Morgan fingerprint density at radius 2 is 1.89 bits per heavy atom. The molecule has 0 saturated carbocycles. The topological polar surface area (TPSA) is 68.7 Å². The normalized spacial score (nSPS) is 13.6. The summed E-state index contributed by atoms with van der Waals surface area (Å²) in [7, 11) is 1.54. The van der Waals surface area contributed by atoms with Crippen molar-refractivity contribution in [2.45, 2.75) is 38.7 Å². The van der Waals surface area contributed by atoms with Gasteiger partial charge >= 0.3 is 5.97 Å². The second-order valence-electron chi connectivity index (χ2n) is 7.24. The van der Waals surface area contributed by atoms with Gasteiger partial charge in [-0.25, -0.2) is 9.78 Å². The Bertz CT molecular complexity index is 997. The number of carboxylic acid groups (broad SMARTS) is 1. The first-order chi connectivity index (χ1) is 12.9. The van der Waals surface area contributed by atoms with Gasteiger partial charge in [0.25, 0.3) is 0 Å². The standard InChI is InChI=1S/C21H21NO4S/c1-21(2,20(23)24)26-16-8-7-14(10-17(16)25-3)19-22-15-9-12-5-4-6-13(12)11-18(15)27-19/h7-11H,4-6H2,1-3H3,(H,23,24). The molecule has 5 nitrogen and oxygen atoms in total. The minimum atomic E-state index is -1.34. The van der Waals surface area contributed by atoms with Gasteiger partial charge in [-0.05, 0) is 74.6 Å². The molecule has 0 spiro atoms. The van der Waals surface area contributed by atoms with Crippen LogP contribution in [0.25, 0.3) is 20.8 Å². The van der Waals surface area contributed by atoms with E-state index in [4.69, 9.17) is 14.5 Å². The second kappa shape index (κ2) is 6.53. The van der Waals surface area contributed by atoms with E-state index in [0.717, 1.165) is 28.9 Å². The lowest BCUT2D eigenvalue weighted by molar-refractivity contribution is -0.152. The molecular formula is C21H21NO4S. The summed E-state index contributed by atoms with van der Waals surface area (Å²) in [5, 5.41) is 10.2. The van der Waals surface area contributed by atoms with Crippen molar-refractivity contribution in [3.63, 3.8) is 0 Å². The van der Waals surface area contributed by atoms with Gasteiger partial charge in [0, 0.05) is 5.56 Å². The lowest BCUT2D eigenvalue weighted by atomic mass is 10.1. The molecule has 0 unspecified atom stereocenters. The van der Waals surface area contributed by atoms with Gasteiger partial charge in [-0.1, -0.05) is 0 Å². The number of aromatic nitrogens is 1. The maximum absolute atomic E-state index is 11.3. The number of hydrogen-bond donors (Lipinski definition) is 1. The quantitative estimate of drug-likeness (QED) is 0.691. The molecule has 3 aromatic rings. The van der Waals surface area contributed by atoms with Crippen LogP contribution in [-0.2, 0) is 17.6 Å². The van der Waals surface area contributed by atoms with Crippen molar-refractivity contribution in [3.05, 3.63) is 41.5 Å². The van der Waals surface area contributed by atoms with Crippen LogP contribution in [-0.4, -0.2) is 28.8 Å². The van der Waals surface area contributed by atoms with E-state index < -0.39 is 11.6 Å². The van der Waals surface area contributed by atoms with Crippen LogP contribution < -0.4 is 9.47 Å². The molecule has 27 heavy (non-hydrogen) atoms. The van der Waals surface area contributed by atoms with Crippen LogP contribution in [0.4, 0.5) is 0 Å². The smallest absolute Gasteiger partial charge is 0.347 e. The number of fused-ring (bicyclic) bond motifs is 2. The lowest BCUT2D eigenvalue weighted by Gasteiger charge is -2.23. The number of carboxylic acids is 1. The van der Waals surface area contributed by atoms with Gasteiger partial charge in [-0.2, -0.15) is 0 Å². The number of benzene rings is 2. The van der Waals surface area contributed by atoms with E-state index in [1.807, 2.05) is 12.1 Å². The van der Waals surface area contributed by atoms with Crippen molar-refractivity contribution in [2.24, 2.45) is 0 Å². The Morgan fingerprint density at radius 1 is 1.15 bits per heavy atom. The SMILES string of the molecule is COc1cc(-c2nc3cc4c(cc3s2)CCC4)ccc1OC(C)(C)C(=O)O. The minimum absolute atomic E-state index is 0.397. The Labute approximate surface area is 161 Å². The Kier molecular flexibility index (Phi) is 4.30. The molecule has 6 heteroatoms. The highest BCUT2D eigenvalue weighted by atomic mass is 32.1. The van der Waals surface area contributed by atoms with E-state index in [2.05, 4.69) is 12.1 Å². The summed E-state index contributed by atoms with van der Waals surface area (Å²) in [6.07, 6.45) is 3.51. The molecule has 0 aliphatic heterocycles. The molecule has 0 atom stereocenters. The van der Waals surface area contributed by atoms with Crippen molar-refractivity contribution >= 4 is 27.5 Å². The van der Waals surface area contributed by atoms with Gasteiger partial charge in [0.1, 0.15) is 5.01 Å². The molecule has 140 valence electrons. The van der Waals surface area contributed by atoms with Crippen LogP contribution in [0, 0.1) is 0 Å². The number of thiazole rings is 1. The van der Waals surface area contributed by atoms with E-state index in [0.29, 0.717) is 11.5 Å². The molecule has 2 aromatic carbocycles. The summed E-state index contributed by atoms with van der Waals surface area (Å²) in [5.74, 6) is -0.148. The monoisotopic (exact) mass is 383 g/mol. The number of hydrogen-bond acceptors (Lipinski definition) is 5. The zero-order valence-corrected chi connectivity index (χ0v) is 16.4. The molecule has 0 saturated heterocycles. The molecule has 0 amide bonds. The molecule has 1 aromatic heterocycles. The number of carbonyl (C=O) groups is 1. The van der Waals surface area contributed by atoms with Crippen molar-refractivity contribution in [3.8, 4) is 22.1 Å². The first-order valence-corrected chi connectivity index (χ1v) is 9.72. The molecule has 1 heterocycles. The minimum Gasteiger partial charge on any atom is -0.493 e. The van der Waals surface area contributed by atoms with E-state index in [1.165, 1.54) is 36.1 Å². The van der Waals surface area contributed by atoms with Crippen LogP contribution in [0.5, 0.6) is 11.5 Å². The van der Waals surface area contributed by atoms with E-state index in [-0.39, 0.29) is 0 Å². The maximum Gasteiger partial charge on any atom is 0.347 e. The van der Waals surface area contributed by atoms with Crippen molar-refractivity contribution in [2.75, 3.05) is 7.11 Å². The third kappa shape index (κ3) is 3.25. The fourth-order valence-corrected chi connectivity index (χ4v) is 4.33. The number of aliphatic carboxylic acids is 1. The van der Waals surface area contributed by atoms with Gasteiger partial charge in [0.05, 0.1) is 17.3 Å². The number of nitrogens with zero attached hydrogens (tertiary/aromatic N) is 1. The zero-order chi connectivity index (χ0) is 19.2. The predicted octanol–water partition coefficient (Wildman–Crippen LogP) is 4.70. The van der Waals surface area contributed by atoms with E-state index in [9.17, 15) is 9.90 Å². The number of rotatable bonds is 5. The number of methoxy groups -OCH3 is 1. The molecule has 1 aliphatic carbocycles. The van der Waals surface area contributed by atoms with Gasteiger partial charge < -0.3 is 14.6 Å². The van der Waals surface area contributed by atoms with Crippen LogP contribution in [0.1, 0.15) is 31.4 Å². The zero-order valence-electron chi connectivity index (χ0n) is 15.5. The highest BCUT2D eigenvalue weighted by Crippen LogP contribution is 2.38. The van der Waals surface area contributed by atoms with Crippen LogP contribution in [0.3, 0.4) is 0 Å². The fraction of sp³-hybridized carbons (Fsp3) is 0.333. The molecule has 1 aliphatic rings. The summed E-state index contributed by atoms with van der Waals surface area (Å²) >= 11 is 1.66. The van der Waals surface area contributed by atoms with Crippen molar-refractivity contribution in [1.29, 1.82) is 0 Å². The summed E-state index contributed by atoms with van der Waals surface area (Å²) in [6, 6.07) is 9.95. The first-order valence-electron chi connectivity index (χ1n) is 8.90. The first kappa shape index (κ1) is 17.8. The second-order valence-corrected chi connectivity index (χ2v) is 8.28. The highest BCUT2D eigenvalue weighted by Gasteiger charge is 2.30. The lowest BCUT2D eigenvalue weighted by Crippen LogP contribution is -2.37. The predicted molar refractivity (Wildman–Crippen MR) is 106 cm³/mol. The van der Waals surface area contributed by atoms with Crippen molar-refractivity contribution < 1.29 is 19.4 Å². The molecule has 0 fully saturated rings.